The Morgan fingerprint density at radius 2 is 1.75 bits per heavy atom. The van der Waals surface area contributed by atoms with Crippen LogP contribution in [-0.4, -0.2) is 19.9 Å². The number of nitrogens with zero attached hydrogens (tertiary/aromatic N) is 4. The van der Waals surface area contributed by atoms with Gasteiger partial charge in [-0.15, -0.1) is 10.2 Å². The second-order valence-corrected chi connectivity index (χ2v) is 7.24. The van der Waals surface area contributed by atoms with Crippen molar-refractivity contribution in [2.45, 2.75) is 31.3 Å². The third-order valence-corrected chi connectivity index (χ3v) is 5.51. The van der Waals surface area contributed by atoms with E-state index in [4.69, 9.17) is 4.52 Å². The van der Waals surface area contributed by atoms with Crippen LogP contribution < -0.4 is 0 Å². The van der Waals surface area contributed by atoms with Crippen LogP contribution in [0.15, 0.2) is 64.3 Å². The second-order valence-electron chi connectivity index (χ2n) is 6.30. The van der Waals surface area contributed by atoms with E-state index in [1.165, 1.54) is 12.1 Å². The number of rotatable bonds is 6. The van der Waals surface area contributed by atoms with Gasteiger partial charge in [0.2, 0.25) is 0 Å². The van der Waals surface area contributed by atoms with Crippen molar-refractivity contribution in [3.63, 3.8) is 0 Å². The summed E-state index contributed by atoms with van der Waals surface area (Å²) >= 11 is 1.57. The predicted molar refractivity (Wildman–Crippen MR) is 107 cm³/mol. The minimum atomic E-state index is -0.273. The van der Waals surface area contributed by atoms with E-state index >= 15 is 0 Å². The summed E-state index contributed by atoms with van der Waals surface area (Å²) < 4.78 is 20.8. The van der Waals surface area contributed by atoms with Gasteiger partial charge in [-0.1, -0.05) is 47.3 Å². The molecule has 0 saturated carbocycles. The molecule has 0 N–H and O–H groups in total. The maximum absolute atomic E-state index is 13.1. The Bertz CT molecular complexity index is 1070. The molecule has 0 aliphatic rings. The first-order valence-electron chi connectivity index (χ1n) is 9.00. The molecule has 0 fully saturated rings. The van der Waals surface area contributed by atoms with Crippen molar-refractivity contribution in [3.05, 3.63) is 71.7 Å². The average Bonchev–Trinajstić information content (AvgIpc) is 3.31. The zero-order valence-corrected chi connectivity index (χ0v) is 16.4. The van der Waals surface area contributed by atoms with E-state index in [9.17, 15) is 4.39 Å². The highest BCUT2D eigenvalue weighted by molar-refractivity contribution is 7.98. The number of hydrogen-bond acceptors (Lipinski definition) is 5. The van der Waals surface area contributed by atoms with Gasteiger partial charge in [-0.2, -0.15) is 0 Å². The van der Waals surface area contributed by atoms with E-state index in [1.54, 1.807) is 23.9 Å². The average molecular weight is 394 g/mol. The number of thioether (sulfide) groups is 1. The van der Waals surface area contributed by atoms with Crippen molar-refractivity contribution in [3.8, 4) is 22.7 Å². The molecule has 0 saturated heterocycles. The van der Waals surface area contributed by atoms with Gasteiger partial charge in [0.1, 0.15) is 5.82 Å². The lowest BCUT2D eigenvalue weighted by molar-refractivity contribution is 0.426. The molecule has 142 valence electrons. The predicted octanol–water partition coefficient (Wildman–Crippen LogP) is 5.36. The van der Waals surface area contributed by atoms with Crippen LogP contribution in [0.1, 0.15) is 18.2 Å². The van der Waals surface area contributed by atoms with Crippen molar-refractivity contribution < 1.29 is 8.91 Å². The van der Waals surface area contributed by atoms with Crippen LogP contribution in [-0.2, 0) is 12.3 Å². The smallest absolute Gasteiger partial charge is 0.191 e. The van der Waals surface area contributed by atoms with Gasteiger partial charge in [0.05, 0.1) is 5.69 Å². The summed E-state index contributed by atoms with van der Waals surface area (Å²) in [5, 5.41) is 13.8. The van der Waals surface area contributed by atoms with Gasteiger partial charge >= 0.3 is 0 Å². The quantitative estimate of drug-likeness (QED) is 0.412. The fraction of sp³-hybridized carbons (Fsp3) is 0.190. The fourth-order valence-electron chi connectivity index (χ4n) is 2.99. The summed E-state index contributed by atoms with van der Waals surface area (Å²) in [5.74, 6) is 1.86. The van der Waals surface area contributed by atoms with Gasteiger partial charge in [0.25, 0.3) is 0 Å². The molecule has 4 aromatic rings. The van der Waals surface area contributed by atoms with Gasteiger partial charge in [-0.25, -0.2) is 4.39 Å². The highest BCUT2D eigenvalue weighted by atomic mass is 32.2. The Morgan fingerprint density at radius 1 is 1.00 bits per heavy atom. The molecule has 28 heavy (non-hydrogen) atoms. The van der Waals surface area contributed by atoms with Crippen LogP contribution in [0.3, 0.4) is 0 Å². The van der Waals surface area contributed by atoms with Crippen LogP contribution >= 0.6 is 11.8 Å². The Morgan fingerprint density at radius 3 is 2.46 bits per heavy atom. The normalized spacial score (nSPS) is 11.1. The Labute approximate surface area is 166 Å². The van der Waals surface area contributed by atoms with Crippen molar-refractivity contribution >= 4 is 11.8 Å². The van der Waals surface area contributed by atoms with E-state index < -0.39 is 0 Å². The molecule has 0 amide bonds. The maximum atomic E-state index is 13.1. The SMILES string of the molecule is CCn1c(SCc2noc(-c3ccc(F)cc3)c2C)nnc1-c1ccccc1. The highest BCUT2D eigenvalue weighted by Crippen LogP contribution is 2.31. The number of aromatic nitrogens is 4. The number of benzene rings is 2. The van der Waals surface area contributed by atoms with E-state index in [2.05, 4.69) is 26.8 Å². The van der Waals surface area contributed by atoms with E-state index in [0.29, 0.717) is 11.5 Å². The molecular formula is C21H19FN4OS. The molecule has 0 spiro atoms. The molecule has 4 rings (SSSR count). The first-order valence-corrected chi connectivity index (χ1v) is 9.98. The third kappa shape index (κ3) is 3.57. The summed E-state index contributed by atoms with van der Waals surface area (Å²) in [4.78, 5) is 0. The molecule has 0 aliphatic carbocycles. The molecule has 2 heterocycles. The largest absolute Gasteiger partial charge is 0.356 e. The van der Waals surface area contributed by atoms with Crippen LogP contribution in [0.25, 0.3) is 22.7 Å². The van der Waals surface area contributed by atoms with Crippen LogP contribution in [0.2, 0.25) is 0 Å². The molecule has 7 heteroatoms. The lowest BCUT2D eigenvalue weighted by Crippen LogP contribution is -2.00. The Hall–Kier alpha value is -2.93. The second kappa shape index (κ2) is 7.98. The maximum Gasteiger partial charge on any atom is 0.191 e. The summed E-state index contributed by atoms with van der Waals surface area (Å²) in [6.07, 6.45) is 0. The van der Waals surface area contributed by atoms with Crippen molar-refractivity contribution in [2.24, 2.45) is 0 Å². The van der Waals surface area contributed by atoms with Gasteiger partial charge in [-0.05, 0) is 38.1 Å². The highest BCUT2D eigenvalue weighted by Gasteiger charge is 2.17. The summed E-state index contributed by atoms with van der Waals surface area (Å²) in [6, 6.07) is 16.3. The zero-order chi connectivity index (χ0) is 19.5. The summed E-state index contributed by atoms with van der Waals surface area (Å²) in [7, 11) is 0. The molecule has 0 bridgehead atoms. The molecule has 2 aromatic heterocycles. The molecule has 0 radical (unpaired) electrons. The molecule has 0 unspecified atom stereocenters. The number of halogens is 1. The third-order valence-electron chi connectivity index (χ3n) is 4.53. The molecule has 2 aromatic carbocycles. The molecule has 5 nitrogen and oxygen atoms in total. The lowest BCUT2D eigenvalue weighted by atomic mass is 10.1. The molecular weight excluding hydrogens is 375 g/mol. The van der Waals surface area contributed by atoms with E-state index in [1.807, 2.05) is 37.3 Å². The van der Waals surface area contributed by atoms with Gasteiger partial charge in [0, 0.05) is 29.0 Å². The first kappa shape index (κ1) is 18.4. The topological polar surface area (TPSA) is 56.7 Å². The van der Waals surface area contributed by atoms with Gasteiger partial charge in [-0.3, -0.25) is 0 Å². The van der Waals surface area contributed by atoms with Gasteiger partial charge < -0.3 is 9.09 Å². The van der Waals surface area contributed by atoms with Crippen molar-refractivity contribution in [2.75, 3.05) is 0 Å². The van der Waals surface area contributed by atoms with Crippen LogP contribution in [0.4, 0.5) is 4.39 Å². The standard InChI is InChI=1S/C21H19FN4OS/c1-3-26-20(16-7-5-4-6-8-16)23-24-21(26)28-13-18-14(2)19(27-25-18)15-9-11-17(22)12-10-15/h4-12H,3,13H2,1-2H3. The monoisotopic (exact) mass is 394 g/mol. The summed E-state index contributed by atoms with van der Waals surface area (Å²) in [6.45, 7) is 4.82. The molecule has 0 atom stereocenters. The first-order chi connectivity index (χ1) is 13.7. The van der Waals surface area contributed by atoms with Crippen LogP contribution in [0, 0.1) is 12.7 Å². The summed E-state index contributed by atoms with van der Waals surface area (Å²) in [5.41, 5.74) is 3.65. The Kier molecular flexibility index (Phi) is 5.25. The van der Waals surface area contributed by atoms with E-state index in [0.717, 1.165) is 39.9 Å². The zero-order valence-electron chi connectivity index (χ0n) is 15.6. The Balaban J connectivity index is 1.54. The fourth-order valence-corrected chi connectivity index (χ4v) is 3.99. The van der Waals surface area contributed by atoms with Gasteiger partial charge in [0.15, 0.2) is 16.7 Å². The molecule has 0 aliphatic heterocycles. The van der Waals surface area contributed by atoms with Crippen molar-refractivity contribution in [1.29, 1.82) is 0 Å². The number of hydrogen-bond donors (Lipinski definition) is 0. The van der Waals surface area contributed by atoms with Crippen LogP contribution in [0.5, 0.6) is 0 Å². The minimum Gasteiger partial charge on any atom is -0.356 e. The van der Waals surface area contributed by atoms with Crippen molar-refractivity contribution in [1.82, 2.24) is 19.9 Å². The minimum absolute atomic E-state index is 0.273. The lowest BCUT2D eigenvalue weighted by Gasteiger charge is -2.06. The van der Waals surface area contributed by atoms with E-state index in [-0.39, 0.29) is 5.82 Å².